The van der Waals surface area contributed by atoms with Crippen LogP contribution in [0.3, 0.4) is 0 Å². The maximum absolute atomic E-state index is 10.2. The average Bonchev–Trinajstić information content (AvgIpc) is 2.65. The van der Waals surface area contributed by atoms with Crippen molar-refractivity contribution in [2.24, 2.45) is 5.92 Å². The summed E-state index contributed by atoms with van der Waals surface area (Å²) in [5.41, 5.74) is 1.20. The third kappa shape index (κ3) is 3.62. The van der Waals surface area contributed by atoms with Gasteiger partial charge in [0.1, 0.15) is 0 Å². The molecule has 0 bridgehead atoms. The molecule has 2 N–H and O–H groups in total. The molecule has 2 fully saturated rings. The van der Waals surface area contributed by atoms with Crippen molar-refractivity contribution in [3.8, 4) is 17.2 Å². The van der Waals surface area contributed by atoms with Crippen molar-refractivity contribution in [1.29, 1.82) is 0 Å². The number of aromatic hydroxyl groups is 1. The number of ether oxygens (including phenoxy) is 2. The molecular weight excluding hydrogens is 304 g/mol. The normalized spacial score (nSPS) is 21.4. The van der Waals surface area contributed by atoms with Gasteiger partial charge in [-0.05, 0) is 36.5 Å². The molecule has 0 amide bonds. The quantitative estimate of drug-likeness (QED) is 0.867. The van der Waals surface area contributed by atoms with Crippen LogP contribution in [-0.4, -0.2) is 50.4 Å². The second kappa shape index (κ2) is 8.08. The number of hydrogen-bond donors (Lipinski definition) is 2. The number of phenolic OH excluding ortho intramolecular Hbond substituents is 1. The predicted molar refractivity (Wildman–Crippen MR) is 95.0 cm³/mol. The first-order chi connectivity index (χ1) is 11.7. The van der Waals surface area contributed by atoms with Crippen LogP contribution in [0.15, 0.2) is 12.1 Å². The van der Waals surface area contributed by atoms with Crippen molar-refractivity contribution < 1.29 is 14.6 Å². The van der Waals surface area contributed by atoms with E-state index in [1.165, 1.54) is 37.7 Å². The molecule has 1 aliphatic heterocycles. The van der Waals surface area contributed by atoms with E-state index in [0.29, 0.717) is 23.5 Å². The smallest absolute Gasteiger partial charge is 0.200 e. The SMILES string of the molecule is COc1cc([C@@H](C2CCCCC2)N2CCNCC2)cc(OC)c1O. The van der Waals surface area contributed by atoms with Crippen LogP contribution in [0.2, 0.25) is 0 Å². The molecule has 24 heavy (non-hydrogen) atoms. The summed E-state index contributed by atoms with van der Waals surface area (Å²) < 4.78 is 10.8. The highest BCUT2D eigenvalue weighted by Gasteiger charge is 2.32. The van der Waals surface area contributed by atoms with Gasteiger partial charge in [0, 0.05) is 32.2 Å². The number of rotatable bonds is 5. The van der Waals surface area contributed by atoms with Crippen molar-refractivity contribution >= 4 is 0 Å². The molecule has 2 aliphatic rings. The summed E-state index contributed by atoms with van der Waals surface area (Å²) >= 11 is 0. The monoisotopic (exact) mass is 334 g/mol. The Morgan fingerprint density at radius 2 is 1.62 bits per heavy atom. The fourth-order valence-electron chi connectivity index (χ4n) is 4.28. The summed E-state index contributed by atoms with van der Waals surface area (Å²) in [5.74, 6) is 1.75. The lowest BCUT2D eigenvalue weighted by molar-refractivity contribution is 0.103. The van der Waals surface area contributed by atoms with Gasteiger partial charge in [0.25, 0.3) is 0 Å². The Labute approximate surface area is 144 Å². The second-order valence-corrected chi connectivity index (χ2v) is 6.90. The van der Waals surface area contributed by atoms with Crippen LogP contribution < -0.4 is 14.8 Å². The van der Waals surface area contributed by atoms with Crippen molar-refractivity contribution in [1.82, 2.24) is 10.2 Å². The summed E-state index contributed by atoms with van der Waals surface area (Å²) in [7, 11) is 3.19. The zero-order valence-electron chi connectivity index (χ0n) is 14.9. The number of nitrogens with zero attached hydrogens (tertiary/aromatic N) is 1. The van der Waals surface area contributed by atoms with Crippen LogP contribution in [-0.2, 0) is 0 Å². The van der Waals surface area contributed by atoms with Crippen LogP contribution >= 0.6 is 0 Å². The lowest BCUT2D eigenvalue weighted by atomic mass is 9.80. The third-order valence-corrected chi connectivity index (χ3v) is 5.48. The van der Waals surface area contributed by atoms with Gasteiger partial charge in [-0.2, -0.15) is 0 Å². The molecule has 5 heteroatoms. The highest BCUT2D eigenvalue weighted by molar-refractivity contribution is 5.53. The molecule has 1 aliphatic carbocycles. The molecule has 1 aromatic carbocycles. The molecule has 1 heterocycles. The van der Waals surface area contributed by atoms with Crippen molar-refractivity contribution in [3.63, 3.8) is 0 Å². The summed E-state index contributed by atoms with van der Waals surface area (Å²) in [5, 5.41) is 13.7. The maximum atomic E-state index is 10.2. The van der Waals surface area contributed by atoms with Crippen LogP contribution in [0.4, 0.5) is 0 Å². The van der Waals surface area contributed by atoms with Crippen LogP contribution in [0, 0.1) is 5.92 Å². The highest BCUT2D eigenvalue weighted by atomic mass is 16.5. The minimum absolute atomic E-state index is 0.0893. The molecular formula is C19H30N2O3. The van der Waals surface area contributed by atoms with Gasteiger partial charge in [-0.3, -0.25) is 4.90 Å². The van der Waals surface area contributed by atoms with E-state index >= 15 is 0 Å². The predicted octanol–water partition coefficient (Wildman–Crippen LogP) is 2.94. The summed E-state index contributed by atoms with van der Waals surface area (Å²) in [6.45, 7) is 4.20. The average molecular weight is 334 g/mol. The fourth-order valence-corrected chi connectivity index (χ4v) is 4.28. The Bertz CT molecular complexity index is 494. The van der Waals surface area contributed by atoms with Gasteiger partial charge in [-0.15, -0.1) is 0 Å². The highest BCUT2D eigenvalue weighted by Crippen LogP contribution is 2.44. The number of nitrogens with one attached hydrogen (secondary N) is 1. The first kappa shape index (κ1) is 17.4. The van der Waals surface area contributed by atoms with E-state index in [2.05, 4.69) is 10.2 Å². The Hall–Kier alpha value is -1.46. The third-order valence-electron chi connectivity index (χ3n) is 5.48. The maximum Gasteiger partial charge on any atom is 0.200 e. The van der Waals surface area contributed by atoms with Crippen molar-refractivity contribution in [2.45, 2.75) is 38.1 Å². The van der Waals surface area contributed by atoms with Gasteiger partial charge in [0.05, 0.1) is 14.2 Å². The Kier molecular flexibility index (Phi) is 5.85. The molecule has 0 aromatic heterocycles. The first-order valence-electron chi connectivity index (χ1n) is 9.14. The van der Waals surface area contributed by atoms with E-state index in [1.54, 1.807) is 14.2 Å². The Morgan fingerprint density at radius 3 is 2.17 bits per heavy atom. The van der Waals surface area contributed by atoms with E-state index in [4.69, 9.17) is 9.47 Å². The topological polar surface area (TPSA) is 54.0 Å². The molecule has 0 radical (unpaired) electrons. The van der Waals surface area contributed by atoms with E-state index in [1.807, 2.05) is 12.1 Å². The molecule has 1 atom stereocenters. The molecule has 1 aromatic rings. The second-order valence-electron chi connectivity index (χ2n) is 6.90. The zero-order chi connectivity index (χ0) is 16.9. The van der Waals surface area contributed by atoms with Gasteiger partial charge < -0.3 is 19.9 Å². The van der Waals surface area contributed by atoms with E-state index in [9.17, 15) is 5.11 Å². The number of methoxy groups -OCH3 is 2. The van der Waals surface area contributed by atoms with Crippen LogP contribution in [0.1, 0.15) is 43.7 Å². The largest absolute Gasteiger partial charge is 0.502 e. The van der Waals surface area contributed by atoms with Gasteiger partial charge >= 0.3 is 0 Å². The van der Waals surface area contributed by atoms with Crippen LogP contribution in [0.5, 0.6) is 17.2 Å². The summed E-state index contributed by atoms with van der Waals surface area (Å²) in [6, 6.07) is 4.37. The number of phenols is 1. The molecule has 3 rings (SSSR count). The Balaban J connectivity index is 1.97. The molecule has 1 saturated heterocycles. The van der Waals surface area contributed by atoms with Gasteiger partial charge in [-0.25, -0.2) is 0 Å². The van der Waals surface area contributed by atoms with Crippen LogP contribution in [0.25, 0.3) is 0 Å². The molecule has 0 spiro atoms. The first-order valence-corrected chi connectivity index (χ1v) is 9.14. The van der Waals surface area contributed by atoms with Gasteiger partial charge in [0.2, 0.25) is 5.75 Å². The van der Waals surface area contributed by atoms with E-state index in [-0.39, 0.29) is 5.75 Å². The van der Waals surface area contributed by atoms with Crippen molar-refractivity contribution in [3.05, 3.63) is 17.7 Å². The number of hydrogen-bond acceptors (Lipinski definition) is 5. The zero-order valence-corrected chi connectivity index (χ0v) is 14.9. The van der Waals surface area contributed by atoms with E-state index in [0.717, 1.165) is 26.2 Å². The lowest BCUT2D eigenvalue weighted by Gasteiger charge is -2.41. The number of piperazine rings is 1. The summed E-state index contributed by atoms with van der Waals surface area (Å²) in [6.07, 6.45) is 6.55. The Morgan fingerprint density at radius 1 is 1.04 bits per heavy atom. The molecule has 5 nitrogen and oxygen atoms in total. The molecule has 0 unspecified atom stereocenters. The molecule has 134 valence electrons. The lowest BCUT2D eigenvalue weighted by Crippen LogP contribution is -2.47. The number of benzene rings is 1. The minimum Gasteiger partial charge on any atom is -0.502 e. The minimum atomic E-state index is 0.0893. The fraction of sp³-hybridized carbons (Fsp3) is 0.684. The van der Waals surface area contributed by atoms with Gasteiger partial charge in [0.15, 0.2) is 11.5 Å². The van der Waals surface area contributed by atoms with Gasteiger partial charge in [-0.1, -0.05) is 19.3 Å². The van der Waals surface area contributed by atoms with E-state index < -0.39 is 0 Å². The molecule has 1 saturated carbocycles. The van der Waals surface area contributed by atoms with Crippen molar-refractivity contribution in [2.75, 3.05) is 40.4 Å². The standard InChI is InChI=1S/C19H30N2O3/c1-23-16-12-15(13-17(24-2)19(16)22)18(14-6-4-3-5-7-14)21-10-8-20-9-11-21/h12-14,18,20,22H,3-11H2,1-2H3/t18-/m1/s1. The summed E-state index contributed by atoms with van der Waals surface area (Å²) in [4.78, 5) is 2.59.